The van der Waals surface area contributed by atoms with Gasteiger partial charge in [-0.25, -0.2) is 0 Å². The standard InChI is InChI=1S/C11H5Cl2F3N4/c12-9-5-7(11(14,15)16)1-2-10(9)20(13)19-8(6-18)3-4-17/h1-2,5H,3H2. The number of benzene rings is 1. The summed E-state index contributed by atoms with van der Waals surface area (Å²) in [6.07, 6.45) is -4.81. The summed E-state index contributed by atoms with van der Waals surface area (Å²) in [5.74, 6) is 0. The van der Waals surface area contributed by atoms with Gasteiger partial charge in [0.1, 0.15) is 6.07 Å². The minimum Gasteiger partial charge on any atom is -0.198 e. The number of nitrogens with zero attached hydrogens (tertiary/aromatic N) is 4. The van der Waals surface area contributed by atoms with Gasteiger partial charge in [-0.2, -0.15) is 28.2 Å². The van der Waals surface area contributed by atoms with Crippen LogP contribution in [-0.4, -0.2) is 5.71 Å². The summed E-state index contributed by atoms with van der Waals surface area (Å²) in [6.45, 7) is 0. The van der Waals surface area contributed by atoms with E-state index in [0.717, 1.165) is 12.1 Å². The lowest BCUT2D eigenvalue weighted by molar-refractivity contribution is -0.137. The van der Waals surface area contributed by atoms with Crippen LogP contribution in [0.1, 0.15) is 12.0 Å². The van der Waals surface area contributed by atoms with Gasteiger partial charge < -0.3 is 0 Å². The van der Waals surface area contributed by atoms with Crippen LogP contribution in [-0.2, 0) is 6.18 Å². The Balaban J connectivity index is 3.10. The van der Waals surface area contributed by atoms with Crippen molar-refractivity contribution in [2.75, 3.05) is 4.53 Å². The van der Waals surface area contributed by atoms with Gasteiger partial charge in [0.15, 0.2) is 5.71 Å². The highest BCUT2D eigenvalue weighted by atomic mass is 35.5. The van der Waals surface area contributed by atoms with Crippen molar-refractivity contribution in [3.8, 4) is 12.1 Å². The molecule has 0 fully saturated rings. The number of hydrogen-bond acceptors (Lipinski definition) is 4. The number of hydrazone groups is 1. The second-order valence-corrected chi connectivity index (χ2v) is 4.14. The zero-order valence-corrected chi connectivity index (χ0v) is 11.1. The van der Waals surface area contributed by atoms with Crippen molar-refractivity contribution in [2.45, 2.75) is 12.6 Å². The Morgan fingerprint density at radius 2 is 2.00 bits per heavy atom. The van der Waals surface area contributed by atoms with Crippen molar-refractivity contribution in [1.82, 2.24) is 0 Å². The lowest BCUT2D eigenvalue weighted by Crippen LogP contribution is -2.09. The average Bonchev–Trinajstić information content (AvgIpc) is 2.36. The molecule has 4 nitrogen and oxygen atoms in total. The van der Waals surface area contributed by atoms with Crippen molar-refractivity contribution in [1.29, 1.82) is 10.5 Å². The number of hydrogen-bond donors (Lipinski definition) is 0. The molecule has 0 atom stereocenters. The molecule has 0 amide bonds. The van der Waals surface area contributed by atoms with Gasteiger partial charge in [0.25, 0.3) is 0 Å². The molecular weight excluding hydrogens is 316 g/mol. The largest absolute Gasteiger partial charge is 0.416 e. The third-order valence-electron chi connectivity index (χ3n) is 2.06. The molecule has 1 aromatic carbocycles. The second kappa shape index (κ2) is 6.47. The Bertz CT molecular complexity index is 614. The van der Waals surface area contributed by atoms with Crippen LogP contribution < -0.4 is 4.53 Å². The number of alkyl halides is 3. The van der Waals surface area contributed by atoms with E-state index < -0.39 is 11.7 Å². The minimum atomic E-state index is -4.53. The quantitative estimate of drug-likeness (QED) is 0.478. The number of halogens is 5. The maximum absolute atomic E-state index is 12.5. The number of nitriles is 2. The Labute approximate surface area is 122 Å². The van der Waals surface area contributed by atoms with Gasteiger partial charge in [0.2, 0.25) is 0 Å². The van der Waals surface area contributed by atoms with Gasteiger partial charge in [0, 0.05) is 11.8 Å². The van der Waals surface area contributed by atoms with Gasteiger partial charge in [-0.3, -0.25) is 0 Å². The van der Waals surface area contributed by atoms with Gasteiger partial charge in [-0.1, -0.05) is 11.6 Å². The third kappa shape index (κ3) is 4.02. The SMILES string of the molecule is N#CCC(C#N)=NN(Cl)c1ccc(C(F)(F)F)cc1Cl. The van der Waals surface area contributed by atoms with Crippen LogP contribution in [0.5, 0.6) is 0 Å². The lowest BCUT2D eigenvalue weighted by atomic mass is 10.2. The van der Waals surface area contributed by atoms with E-state index in [4.69, 9.17) is 33.9 Å². The van der Waals surface area contributed by atoms with Crippen LogP contribution in [0.15, 0.2) is 23.3 Å². The van der Waals surface area contributed by atoms with Crippen LogP contribution in [0.25, 0.3) is 0 Å². The molecule has 0 aromatic heterocycles. The molecule has 0 saturated heterocycles. The topological polar surface area (TPSA) is 63.2 Å². The number of anilines is 1. The Kier molecular flexibility index (Phi) is 5.20. The first-order chi connectivity index (χ1) is 9.29. The van der Waals surface area contributed by atoms with E-state index in [1.807, 2.05) is 0 Å². The molecule has 1 rings (SSSR count). The van der Waals surface area contributed by atoms with Crippen molar-refractivity contribution in [3.05, 3.63) is 28.8 Å². The van der Waals surface area contributed by atoms with E-state index >= 15 is 0 Å². The molecule has 9 heteroatoms. The molecule has 0 spiro atoms. The molecule has 0 aliphatic carbocycles. The first-order valence-corrected chi connectivity index (χ1v) is 5.68. The number of rotatable bonds is 3. The van der Waals surface area contributed by atoms with Crippen LogP contribution in [0.2, 0.25) is 5.02 Å². The van der Waals surface area contributed by atoms with E-state index in [9.17, 15) is 13.2 Å². The molecule has 0 aliphatic rings. The smallest absolute Gasteiger partial charge is 0.198 e. The summed E-state index contributed by atoms with van der Waals surface area (Å²) >= 11 is 11.4. The lowest BCUT2D eigenvalue weighted by Gasteiger charge is -2.13. The zero-order valence-electron chi connectivity index (χ0n) is 9.62. The molecule has 0 radical (unpaired) electrons. The van der Waals surface area contributed by atoms with E-state index in [2.05, 4.69) is 5.10 Å². The van der Waals surface area contributed by atoms with E-state index in [1.54, 1.807) is 12.1 Å². The normalized spacial score (nSPS) is 11.7. The average molecular weight is 321 g/mol. The molecule has 0 aliphatic heterocycles. The summed E-state index contributed by atoms with van der Waals surface area (Å²) in [5, 5.41) is 20.4. The molecular formula is C11H5Cl2F3N4. The van der Waals surface area contributed by atoms with Crippen molar-refractivity contribution < 1.29 is 13.2 Å². The Hall–Kier alpha value is -1.96. The molecule has 104 valence electrons. The molecule has 20 heavy (non-hydrogen) atoms. The van der Waals surface area contributed by atoms with Gasteiger partial charge >= 0.3 is 6.18 Å². The van der Waals surface area contributed by atoms with E-state index in [-0.39, 0.29) is 22.8 Å². The minimum absolute atomic E-state index is 0.0352. The fourth-order valence-electron chi connectivity index (χ4n) is 1.16. The fourth-order valence-corrected chi connectivity index (χ4v) is 1.71. The maximum atomic E-state index is 12.5. The second-order valence-electron chi connectivity index (χ2n) is 3.42. The summed E-state index contributed by atoms with van der Waals surface area (Å²) < 4.78 is 38.0. The predicted molar refractivity (Wildman–Crippen MR) is 68.1 cm³/mol. The first-order valence-electron chi connectivity index (χ1n) is 4.96. The monoisotopic (exact) mass is 320 g/mol. The van der Waals surface area contributed by atoms with Gasteiger partial charge in [-0.15, -0.1) is 5.10 Å². The zero-order chi connectivity index (χ0) is 15.3. The Morgan fingerprint density at radius 3 is 2.45 bits per heavy atom. The summed E-state index contributed by atoms with van der Waals surface area (Å²) in [4.78, 5) is 0. The van der Waals surface area contributed by atoms with E-state index in [1.165, 1.54) is 0 Å². The van der Waals surface area contributed by atoms with Gasteiger partial charge in [-0.05, 0) is 18.2 Å². The van der Waals surface area contributed by atoms with Crippen LogP contribution >= 0.6 is 23.4 Å². The van der Waals surface area contributed by atoms with Crippen molar-refractivity contribution >= 4 is 34.8 Å². The highest BCUT2D eigenvalue weighted by molar-refractivity contribution is 6.36. The summed E-state index contributed by atoms with van der Waals surface area (Å²) in [5.41, 5.74) is -1.16. The molecule has 0 heterocycles. The third-order valence-corrected chi connectivity index (χ3v) is 2.62. The van der Waals surface area contributed by atoms with Crippen LogP contribution in [0, 0.1) is 22.7 Å². The molecule has 1 aromatic rings. The predicted octanol–water partition coefficient (Wildman–Crippen LogP) is 4.11. The van der Waals surface area contributed by atoms with Crippen molar-refractivity contribution in [2.24, 2.45) is 5.10 Å². The van der Waals surface area contributed by atoms with Crippen molar-refractivity contribution in [3.63, 3.8) is 0 Å². The molecule has 0 unspecified atom stereocenters. The van der Waals surface area contributed by atoms with Crippen LogP contribution in [0.3, 0.4) is 0 Å². The summed E-state index contributed by atoms with van der Waals surface area (Å²) in [6, 6.07) is 5.83. The van der Waals surface area contributed by atoms with Gasteiger partial charge in [0.05, 0.1) is 28.8 Å². The molecule has 0 saturated carbocycles. The Morgan fingerprint density at radius 1 is 1.35 bits per heavy atom. The fraction of sp³-hybridized carbons (Fsp3) is 0.182. The van der Waals surface area contributed by atoms with Crippen LogP contribution in [0.4, 0.5) is 18.9 Å². The van der Waals surface area contributed by atoms with E-state index in [0.29, 0.717) is 10.6 Å². The maximum Gasteiger partial charge on any atom is 0.416 e. The highest BCUT2D eigenvalue weighted by Gasteiger charge is 2.31. The molecule has 0 bridgehead atoms. The molecule has 0 N–H and O–H groups in total. The summed E-state index contributed by atoms with van der Waals surface area (Å²) in [7, 11) is 0. The first kappa shape index (κ1) is 16.1. The highest BCUT2D eigenvalue weighted by Crippen LogP contribution is 2.35.